The molecule has 2 N–H and O–H groups in total. The topological polar surface area (TPSA) is 106 Å². The molecule has 1 unspecified atom stereocenters. The number of hydrogen-bond donors (Lipinski definition) is 2. The fraction of sp³-hybridized carbons (Fsp3) is 0.386. The van der Waals surface area contributed by atoms with Crippen LogP contribution < -0.4 is 19.9 Å². The van der Waals surface area contributed by atoms with E-state index in [1.165, 1.54) is 23.4 Å². The molecule has 3 atom stereocenters. The highest BCUT2D eigenvalue weighted by Gasteiger charge is 2.39. The molecule has 0 spiro atoms. The molecule has 5 heterocycles. The maximum Gasteiger partial charge on any atom is 0.255 e. The average molecular weight is 744 g/mol. The van der Waals surface area contributed by atoms with Gasteiger partial charge in [-0.05, 0) is 90.4 Å². The lowest BCUT2D eigenvalue weighted by molar-refractivity contribution is -0.136. The molecule has 0 aromatic heterocycles. The number of rotatable bonds is 7. The molecule has 0 bridgehead atoms. The van der Waals surface area contributed by atoms with Crippen molar-refractivity contribution in [3.8, 4) is 11.5 Å². The molecule has 0 radical (unpaired) electrons. The number of ether oxygens (including phenoxy) is 1. The first-order valence-corrected chi connectivity index (χ1v) is 19.6. The second kappa shape index (κ2) is 14.7. The van der Waals surface area contributed by atoms with E-state index < -0.39 is 6.04 Å². The van der Waals surface area contributed by atoms with Gasteiger partial charge >= 0.3 is 0 Å². The van der Waals surface area contributed by atoms with E-state index in [2.05, 4.69) is 50.3 Å². The summed E-state index contributed by atoms with van der Waals surface area (Å²) in [7, 11) is 0. The Hall–Kier alpha value is -5.42. The van der Waals surface area contributed by atoms with Crippen LogP contribution in [0.25, 0.3) is 0 Å². The largest absolute Gasteiger partial charge is 0.508 e. The van der Waals surface area contributed by atoms with E-state index in [0.29, 0.717) is 36.8 Å². The maximum absolute atomic E-state index is 13.8. The van der Waals surface area contributed by atoms with Gasteiger partial charge in [-0.2, -0.15) is 0 Å². The van der Waals surface area contributed by atoms with Crippen molar-refractivity contribution in [2.45, 2.75) is 50.1 Å². The number of halogens is 1. The van der Waals surface area contributed by atoms with Crippen LogP contribution in [-0.4, -0.2) is 91.1 Å². The predicted molar refractivity (Wildman–Crippen MR) is 207 cm³/mol. The van der Waals surface area contributed by atoms with E-state index in [1.807, 2.05) is 30.3 Å². The van der Waals surface area contributed by atoms with Crippen LogP contribution in [0.15, 0.2) is 84.9 Å². The number of amides is 3. The molecule has 4 aromatic carbocycles. The van der Waals surface area contributed by atoms with Crippen molar-refractivity contribution in [1.82, 2.24) is 15.1 Å². The fourth-order valence-corrected chi connectivity index (χ4v) is 9.39. The minimum Gasteiger partial charge on any atom is -0.508 e. The van der Waals surface area contributed by atoms with Crippen LogP contribution in [0, 0.1) is 11.7 Å². The number of benzene rings is 4. The van der Waals surface area contributed by atoms with Gasteiger partial charge in [0.05, 0.1) is 6.61 Å². The minimum atomic E-state index is -0.598. The molecule has 9 rings (SSSR count). The third kappa shape index (κ3) is 7.01. The molecular weight excluding hydrogens is 698 g/mol. The third-order valence-corrected chi connectivity index (χ3v) is 12.4. The molecule has 3 saturated heterocycles. The monoisotopic (exact) mass is 743 g/mol. The van der Waals surface area contributed by atoms with Gasteiger partial charge in [0.2, 0.25) is 11.8 Å². The van der Waals surface area contributed by atoms with Gasteiger partial charge < -0.3 is 24.5 Å². The number of phenols is 1. The molecule has 3 amide bonds. The van der Waals surface area contributed by atoms with Crippen molar-refractivity contribution < 1.29 is 28.6 Å². The summed E-state index contributed by atoms with van der Waals surface area (Å²) in [6, 6.07) is 26.4. The molecule has 5 aliphatic rings. The third-order valence-electron chi connectivity index (χ3n) is 12.4. The molecule has 0 saturated carbocycles. The zero-order valence-electron chi connectivity index (χ0n) is 30.8. The van der Waals surface area contributed by atoms with Crippen molar-refractivity contribution in [3.63, 3.8) is 0 Å². The van der Waals surface area contributed by atoms with Crippen LogP contribution in [0.5, 0.6) is 11.5 Å². The maximum atomic E-state index is 13.8. The van der Waals surface area contributed by atoms with Crippen LogP contribution in [0.1, 0.15) is 70.1 Å². The summed E-state index contributed by atoms with van der Waals surface area (Å²) in [5.41, 5.74) is 7.15. The summed E-state index contributed by atoms with van der Waals surface area (Å²) in [4.78, 5) is 46.3. The Kier molecular flexibility index (Phi) is 9.41. The zero-order valence-corrected chi connectivity index (χ0v) is 30.8. The molecule has 0 aliphatic carbocycles. The molecule has 284 valence electrons. The number of piperazine rings is 1. The van der Waals surface area contributed by atoms with Crippen LogP contribution >= 0.6 is 0 Å². The van der Waals surface area contributed by atoms with Crippen molar-refractivity contribution in [1.29, 1.82) is 0 Å². The Bertz CT molecular complexity index is 2090. The lowest BCUT2D eigenvalue weighted by Gasteiger charge is -2.40. The first-order chi connectivity index (χ1) is 26.8. The van der Waals surface area contributed by atoms with E-state index in [1.54, 1.807) is 17.0 Å². The number of carbonyl (C=O) groups excluding carboxylic acids is 3. The van der Waals surface area contributed by atoms with Crippen LogP contribution in [-0.2, 0) is 16.1 Å². The summed E-state index contributed by atoms with van der Waals surface area (Å²) in [5, 5.41) is 12.5. The van der Waals surface area contributed by atoms with Crippen molar-refractivity contribution in [2.24, 2.45) is 5.92 Å². The average Bonchev–Trinajstić information content (AvgIpc) is 3.53. The van der Waals surface area contributed by atoms with Gasteiger partial charge in [0.15, 0.2) is 0 Å². The van der Waals surface area contributed by atoms with Crippen molar-refractivity contribution >= 4 is 29.1 Å². The Balaban J connectivity index is 0.783. The quantitative estimate of drug-likeness (QED) is 0.235. The smallest absolute Gasteiger partial charge is 0.255 e. The Morgan fingerprint density at radius 3 is 2.22 bits per heavy atom. The number of anilines is 2. The summed E-state index contributed by atoms with van der Waals surface area (Å²) < 4.78 is 19.9. The number of nitrogens with zero attached hydrogens (tertiary/aromatic N) is 4. The summed E-state index contributed by atoms with van der Waals surface area (Å²) >= 11 is 0. The van der Waals surface area contributed by atoms with Gasteiger partial charge in [0, 0.05) is 99.2 Å². The SMILES string of the molecule is O=C1CC[C@H](N2Cc3cc(N4CCN(CC5CCN(c6ccc(C7c8ccc(O)cc8OC[C@@H]7c7ccc(F)cc7)cc6)CC5)CC4)ccc3C2=O)C(=O)N1. The van der Waals surface area contributed by atoms with Gasteiger partial charge in [-0.3, -0.25) is 24.6 Å². The summed E-state index contributed by atoms with van der Waals surface area (Å²) in [6.07, 6.45) is 2.91. The van der Waals surface area contributed by atoms with Gasteiger partial charge in [0.1, 0.15) is 23.4 Å². The normalized spacial score (nSPS) is 23.3. The highest BCUT2D eigenvalue weighted by atomic mass is 19.1. The molecule has 3 fully saturated rings. The van der Waals surface area contributed by atoms with E-state index >= 15 is 0 Å². The zero-order chi connectivity index (χ0) is 37.6. The first-order valence-electron chi connectivity index (χ1n) is 19.6. The molecule has 5 aliphatic heterocycles. The number of aromatic hydroxyl groups is 1. The standard InChI is InChI=1S/C44H46FN5O5/c45-32-5-1-29(2-6-32)38-27-55-40-24-35(51)10-12-37(40)42(38)30-3-7-33(8-4-30)48-17-15-28(16-18-48)25-47-19-21-49(22-20-47)34-9-11-36-31(23-34)26-50(44(36)54)39-13-14-41(52)46-43(39)53/h1-12,23-24,28,38-39,42,51H,13-22,25-27H2,(H,46,52,53)/t38-,39+,42?/m1/s1. The molecule has 55 heavy (non-hydrogen) atoms. The minimum absolute atomic E-state index is 0.0114. The summed E-state index contributed by atoms with van der Waals surface area (Å²) in [5.74, 6) is 0.494. The van der Waals surface area contributed by atoms with E-state index in [4.69, 9.17) is 4.74 Å². The predicted octanol–water partition coefficient (Wildman–Crippen LogP) is 5.64. The number of piperidine rings is 2. The number of fused-ring (bicyclic) bond motifs is 2. The van der Waals surface area contributed by atoms with E-state index in [0.717, 1.165) is 81.0 Å². The molecular formula is C44H46FN5O5. The molecule has 10 nitrogen and oxygen atoms in total. The van der Waals surface area contributed by atoms with Gasteiger partial charge in [-0.25, -0.2) is 4.39 Å². The number of nitrogens with one attached hydrogen (secondary N) is 1. The van der Waals surface area contributed by atoms with Crippen LogP contribution in [0.4, 0.5) is 15.8 Å². The van der Waals surface area contributed by atoms with Gasteiger partial charge in [-0.1, -0.05) is 30.3 Å². The number of hydrogen-bond acceptors (Lipinski definition) is 8. The lowest BCUT2D eigenvalue weighted by Crippen LogP contribution is -2.52. The Labute approximate surface area is 320 Å². The van der Waals surface area contributed by atoms with Crippen LogP contribution in [0.3, 0.4) is 0 Å². The highest BCUT2D eigenvalue weighted by molar-refractivity contribution is 6.05. The second-order valence-electron chi connectivity index (χ2n) is 15.7. The lowest BCUT2D eigenvalue weighted by atomic mass is 9.76. The molecule has 4 aromatic rings. The summed E-state index contributed by atoms with van der Waals surface area (Å²) in [6.45, 7) is 7.82. The second-order valence-corrected chi connectivity index (χ2v) is 15.7. The Morgan fingerprint density at radius 2 is 1.47 bits per heavy atom. The van der Waals surface area contributed by atoms with Crippen molar-refractivity contribution in [2.75, 3.05) is 62.2 Å². The Morgan fingerprint density at radius 1 is 0.764 bits per heavy atom. The van der Waals surface area contributed by atoms with Crippen molar-refractivity contribution in [3.05, 3.63) is 119 Å². The van der Waals surface area contributed by atoms with Gasteiger partial charge in [-0.15, -0.1) is 0 Å². The number of phenolic OH excluding ortho intramolecular Hbond substituents is 1. The van der Waals surface area contributed by atoms with Gasteiger partial charge in [0.25, 0.3) is 5.91 Å². The number of imide groups is 1. The van der Waals surface area contributed by atoms with E-state index in [-0.39, 0.29) is 47.5 Å². The molecule has 11 heteroatoms. The van der Waals surface area contributed by atoms with Crippen LogP contribution in [0.2, 0.25) is 0 Å². The first kappa shape index (κ1) is 35.3. The highest BCUT2D eigenvalue weighted by Crippen LogP contribution is 2.47. The number of carbonyl (C=O) groups is 3. The van der Waals surface area contributed by atoms with E-state index in [9.17, 15) is 23.9 Å². The fourth-order valence-electron chi connectivity index (χ4n) is 9.39.